The highest BCUT2D eigenvalue weighted by Crippen LogP contribution is 2.31. The molecule has 0 aliphatic carbocycles. The highest BCUT2D eigenvalue weighted by molar-refractivity contribution is 7.89. The third-order valence-electron chi connectivity index (χ3n) is 6.66. The van der Waals surface area contributed by atoms with E-state index in [9.17, 15) is 13.2 Å². The number of hydrogen-bond acceptors (Lipinski definition) is 9. The molecule has 0 bridgehead atoms. The molecule has 192 valence electrons. The third kappa shape index (κ3) is 5.31. The monoisotopic (exact) mass is 531 g/mol. The Morgan fingerprint density at radius 3 is 2.67 bits per heavy atom. The van der Waals surface area contributed by atoms with Gasteiger partial charge in [0, 0.05) is 19.0 Å². The number of amides is 1. The van der Waals surface area contributed by atoms with Crippen LogP contribution in [0.1, 0.15) is 31.6 Å². The first-order valence-electron chi connectivity index (χ1n) is 12.0. The maximum atomic E-state index is 13.1. The Balaban J connectivity index is 1.19. The number of aromatic nitrogens is 2. The van der Waals surface area contributed by atoms with Crippen LogP contribution >= 0.6 is 11.3 Å². The fourth-order valence-electron chi connectivity index (χ4n) is 4.63. The van der Waals surface area contributed by atoms with E-state index < -0.39 is 10.0 Å². The van der Waals surface area contributed by atoms with Gasteiger partial charge in [-0.1, -0.05) is 11.2 Å². The van der Waals surface area contributed by atoms with Crippen LogP contribution in [0.4, 0.5) is 5.69 Å². The second kappa shape index (κ2) is 10.7. The predicted molar refractivity (Wildman–Crippen MR) is 135 cm³/mol. The summed E-state index contributed by atoms with van der Waals surface area (Å²) in [6.07, 6.45) is 3.07. The summed E-state index contributed by atoms with van der Waals surface area (Å²) >= 11 is 1.56. The van der Waals surface area contributed by atoms with Crippen LogP contribution in [0.25, 0.3) is 10.7 Å². The fraction of sp³-hybridized carbons (Fsp3) is 0.458. The lowest BCUT2D eigenvalue weighted by Crippen LogP contribution is -2.37. The Morgan fingerprint density at radius 2 is 1.97 bits per heavy atom. The number of methoxy groups -OCH3 is 1. The maximum absolute atomic E-state index is 13.1. The molecular weight excluding hydrogens is 502 g/mol. The average molecular weight is 532 g/mol. The summed E-state index contributed by atoms with van der Waals surface area (Å²) < 4.78 is 38.2. The summed E-state index contributed by atoms with van der Waals surface area (Å²) in [5, 5.41) is 8.94. The van der Waals surface area contributed by atoms with Crippen molar-refractivity contribution in [3.63, 3.8) is 0 Å². The van der Waals surface area contributed by atoms with E-state index in [1.807, 2.05) is 17.5 Å². The number of benzene rings is 1. The summed E-state index contributed by atoms with van der Waals surface area (Å²) in [6.45, 7) is 3.02. The molecule has 1 N–H and O–H groups in total. The molecular formula is C24H29N5O5S2. The molecule has 3 aromatic rings. The number of thiophene rings is 1. The van der Waals surface area contributed by atoms with Gasteiger partial charge in [-0.2, -0.15) is 9.29 Å². The number of hydrogen-bond donors (Lipinski definition) is 1. The van der Waals surface area contributed by atoms with E-state index in [1.165, 1.54) is 23.5 Å². The number of nitrogens with zero attached hydrogens (tertiary/aromatic N) is 4. The molecule has 2 saturated heterocycles. The molecule has 1 amide bonds. The van der Waals surface area contributed by atoms with Crippen LogP contribution in [0, 0.1) is 5.92 Å². The van der Waals surface area contributed by atoms with Crippen LogP contribution in [0.15, 0.2) is 45.1 Å². The molecule has 36 heavy (non-hydrogen) atoms. The van der Waals surface area contributed by atoms with Crippen molar-refractivity contribution < 1.29 is 22.5 Å². The van der Waals surface area contributed by atoms with E-state index in [4.69, 9.17) is 9.26 Å². The van der Waals surface area contributed by atoms with Crippen LogP contribution in [0.2, 0.25) is 0 Å². The van der Waals surface area contributed by atoms with Crippen molar-refractivity contribution in [1.29, 1.82) is 0 Å². The zero-order valence-corrected chi connectivity index (χ0v) is 21.7. The van der Waals surface area contributed by atoms with Crippen molar-refractivity contribution in [3.8, 4) is 16.5 Å². The van der Waals surface area contributed by atoms with Crippen LogP contribution < -0.4 is 10.1 Å². The molecule has 0 saturated carbocycles. The first-order valence-corrected chi connectivity index (χ1v) is 14.3. The molecule has 0 unspecified atom stereocenters. The van der Waals surface area contributed by atoms with Crippen LogP contribution in [-0.2, 0) is 21.4 Å². The Bertz CT molecular complexity index is 1290. The van der Waals surface area contributed by atoms with Crippen LogP contribution in [-0.4, -0.2) is 67.0 Å². The second-order valence-electron chi connectivity index (χ2n) is 9.00. The van der Waals surface area contributed by atoms with Crippen LogP contribution in [0.5, 0.6) is 5.75 Å². The number of likely N-dealkylation sites (tertiary alicyclic amines) is 1. The molecule has 0 spiro atoms. The number of ether oxygens (including phenoxy) is 1. The van der Waals surface area contributed by atoms with Gasteiger partial charge in [-0.15, -0.1) is 11.3 Å². The number of carbonyl (C=O) groups excluding carboxylic acids is 1. The minimum atomic E-state index is -3.60. The number of nitrogens with one attached hydrogen (secondary N) is 1. The van der Waals surface area contributed by atoms with E-state index in [0.717, 1.165) is 30.8 Å². The second-order valence-corrected chi connectivity index (χ2v) is 11.9. The standard InChI is InChI=1S/C24H29N5O5S2/c1-33-20-7-6-18(36(31,32)29-10-2-3-11-29)15-19(20)25-24(30)17-8-12-28(13-9-17)16-22-26-23(27-34-22)21-5-4-14-35-21/h4-7,14-15,17H,2-3,8-13,16H2,1H3,(H,25,30). The topological polar surface area (TPSA) is 118 Å². The van der Waals surface area contributed by atoms with Crippen molar-refractivity contribution in [2.45, 2.75) is 37.1 Å². The highest BCUT2D eigenvalue weighted by atomic mass is 32.2. The minimum Gasteiger partial charge on any atom is -0.495 e. The van der Waals surface area contributed by atoms with Crippen molar-refractivity contribution in [2.75, 3.05) is 38.6 Å². The third-order valence-corrected chi connectivity index (χ3v) is 9.42. The Morgan fingerprint density at radius 1 is 1.19 bits per heavy atom. The van der Waals surface area contributed by atoms with Gasteiger partial charge in [0.1, 0.15) is 5.75 Å². The van der Waals surface area contributed by atoms with Gasteiger partial charge in [0.25, 0.3) is 0 Å². The van der Waals surface area contributed by atoms with Gasteiger partial charge in [-0.05, 0) is 68.4 Å². The Labute approximate surface area is 214 Å². The number of piperidine rings is 1. The number of anilines is 1. The zero-order chi connectivity index (χ0) is 25.1. The van der Waals surface area contributed by atoms with Gasteiger partial charge in [-0.3, -0.25) is 9.69 Å². The van der Waals surface area contributed by atoms with Gasteiger partial charge in [-0.25, -0.2) is 8.42 Å². The van der Waals surface area contributed by atoms with Gasteiger partial charge in [0.2, 0.25) is 27.6 Å². The molecule has 5 rings (SSSR count). The first kappa shape index (κ1) is 24.9. The maximum Gasteiger partial charge on any atom is 0.243 e. The lowest BCUT2D eigenvalue weighted by atomic mass is 9.96. The fourth-order valence-corrected chi connectivity index (χ4v) is 6.82. The number of rotatable bonds is 8. The summed E-state index contributed by atoms with van der Waals surface area (Å²) in [5.41, 5.74) is 0.372. The van der Waals surface area contributed by atoms with Gasteiger partial charge >= 0.3 is 0 Å². The largest absolute Gasteiger partial charge is 0.495 e. The van der Waals surface area contributed by atoms with E-state index >= 15 is 0 Å². The highest BCUT2D eigenvalue weighted by Gasteiger charge is 2.30. The van der Waals surface area contributed by atoms with Crippen molar-refractivity contribution in [2.24, 2.45) is 5.92 Å². The number of carbonyl (C=O) groups is 1. The molecule has 2 aliphatic heterocycles. The average Bonchev–Trinajstić information content (AvgIpc) is 3.67. The molecule has 4 heterocycles. The van der Waals surface area contributed by atoms with Gasteiger partial charge < -0.3 is 14.6 Å². The lowest BCUT2D eigenvalue weighted by Gasteiger charge is -2.30. The molecule has 12 heteroatoms. The van der Waals surface area contributed by atoms with Crippen molar-refractivity contribution in [1.82, 2.24) is 19.3 Å². The van der Waals surface area contributed by atoms with E-state index in [0.29, 0.717) is 55.6 Å². The molecule has 1 aromatic carbocycles. The molecule has 2 fully saturated rings. The first-order chi connectivity index (χ1) is 17.4. The normalized spacial score (nSPS) is 17.9. The molecule has 2 aromatic heterocycles. The Kier molecular flexibility index (Phi) is 7.37. The van der Waals surface area contributed by atoms with Crippen LogP contribution in [0.3, 0.4) is 0 Å². The van der Waals surface area contributed by atoms with Gasteiger partial charge in [0.05, 0.1) is 29.1 Å². The molecule has 0 atom stereocenters. The lowest BCUT2D eigenvalue weighted by molar-refractivity contribution is -0.121. The summed E-state index contributed by atoms with van der Waals surface area (Å²) in [7, 11) is -2.10. The molecule has 10 nitrogen and oxygen atoms in total. The minimum absolute atomic E-state index is 0.138. The summed E-state index contributed by atoms with van der Waals surface area (Å²) in [6, 6.07) is 8.53. The molecule has 2 aliphatic rings. The summed E-state index contributed by atoms with van der Waals surface area (Å²) in [5.74, 6) is 1.26. The quantitative estimate of drug-likeness (QED) is 0.470. The smallest absolute Gasteiger partial charge is 0.243 e. The number of sulfonamides is 1. The zero-order valence-electron chi connectivity index (χ0n) is 20.1. The van der Waals surface area contributed by atoms with E-state index in [-0.39, 0.29) is 16.7 Å². The summed E-state index contributed by atoms with van der Waals surface area (Å²) in [4.78, 5) is 20.9. The Hall–Kier alpha value is -2.80. The van der Waals surface area contributed by atoms with Crippen molar-refractivity contribution >= 4 is 33.0 Å². The molecule has 0 radical (unpaired) electrons. The predicted octanol–water partition coefficient (Wildman–Crippen LogP) is 3.44. The van der Waals surface area contributed by atoms with E-state index in [1.54, 1.807) is 17.4 Å². The SMILES string of the molecule is COc1ccc(S(=O)(=O)N2CCCC2)cc1NC(=O)C1CCN(Cc2nc(-c3cccs3)no2)CC1. The van der Waals surface area contributed by atoms with E-state index in [2.05, 4.69) is 20.4 Å². The van der Waals surface area contributed by atoms with Gasteiger partial charge in [0.15, 0.2) is 0 Å². The van der Waals surface area contributed by atoms with Crippen molar-refractivity contribution in [3.05, 3.63) is 41.6 Å².